The lowest BCUT2D eigenvalue weighted by atomic mass is 9.86. The quantitative estimate of drug-likeness (QED) is 0.547. The number of hydrogen-bond donors (Lipinski definition) is 2. The van der Waals surface area contributed by atoms with E-state index in [1.165, 1.54) is 24.5 Å². The molecule has 0 radical (unpaired) electrons. The number of alkyl halides is 2. The Kier molecular flexibility index (Phi) is 12.2. The van der Waals surface area contributed by atoms with Crippen LogP contribution in [0.5, 0.6) is 0 Å². The maximum atomic E-state index is 13.2. The second-order valence-corrected chi connectivity index (χ2v) is 9.54. The van der Waals surface area contributed by atoms with E-state index < -0.39 is 12.3 Å². The highest BCUT2D eigenvalue weighted by molar-refractivity contribution is 6.22. The summed E-state index contributed by atoms with van der Waals surface area (Å²) in [5, 5.41) is 14.2. The molecule has 0 aromatic rings. The summed E-state index contributed by atoms with van der Waals surface area (Å²) in [6.45, 7) is 8.18. The number of halogens is 2. The van der Waals surface area contributed by atoms with Gasteiger partial charge in [0.2, 0.25) is 0 Å². The molecule has 0 spiro atoms. The molecular weight excluding hydrogens is 419 g/mol. The second-order valence-electron chi connectivity index (χ2n) is 8.98. The summed E-state index contributed by atoms with van der Waals surface area (Å²) >= 11 is 6.15. The van der Waals surface area contributed by atoms with Gasteiger partial charge in [-0.1, -0.05) is 50.3 Å². The number of aliphatic hydroxyl groups excluding tert-OH is 1. The standard InChI is InChI=1S/C24H36ClFN2O.2H2O/c1-17(2)23(27-15-24(29)20-5-9-22(26)10-6-20)16-28-13-11-19(12-14-28)18-3-7-21(25)8-4-18;;/h3-7,9,17,19,21-24,27,29H,8,10-16H2,1-2H3;2*1H2/t21?,22?,23-,24?;;/m0../s1. The molecule has 0 aromatic carbocycles. The first-order chi connectivity index (χ1) is 13.9. The molecule has 3 rings (SSSR count). The van der Waals surface area contributed by atoms with Crippen molar-refractivity contribution < 1.29 is 20.4 Å². The van der Waals surface area contributed by atoms with Crippen molar-refractivity contribution in [1.82, 2.24) is 10.2 Å². The molecule has 5 nitrogen and oxygen atoms in total. The Hall–Kier alpha value is -1.02. The highest BCUT2D eigenvalue weighted by Gasteiger charge is 2.25. The minimum atomic E-state index is -0.915. The van der Waals surface area contributed by atoms with Gasteiger partial charge in [-0.2, -0.15) is 0 Å². The summed E-state index contributed by atoms with van der Waals surface area (Å²) in [5.74, 6) is 1.14. The van der Waals surface area contributed by atoms with Gasteiger partial charge in [-0.3, -0.25) is 0 Å². The fourth-order valence-electron chi connectivity index (χ4n) is 4.39. The number of rotatable bonds is 8. The van der Waals surface area contributed by atoms with E-state index in [2.05, 4.69) is 42.3 Å². The van der Waals surface area contributed by atoms with Crippen LogP contribution in [0.15, 0.2) is 47.6 Å². The van der Waals surface area contributed by atoms with Gasteiger partial charge in [-0.15, -0.1) is 11.6 Å². The summed E-state index contributed by atoms with van der Waals surface area (Å²) in [6.07, 6.45) is 13.9. The van der Waals surface area contributed by atoms with E-state index in [1.54, 1.807) is 6.08 Å². The number of hydrogen-bond acceptors (Lipinski definition) is 3. The van der Waals surface area contributed by atoms with Crippen molar-refractivity contribution in [3.05, 3.63) is 47.6 Å². The van der Waals surface area contributed by atoms with Gasteiger partial charge in [-0.05, 0) is 55.3 Å². The molecule has 4 atom stereocenters. The van der Waals surface area contributed by atoms with Gasteiger partial charge in [-0.25, -0.2) is 4.39 Å². The smallest absolute Gasteiger partial charge is 0.122 e. The summed E-state index contributed by atoms with van der Waals surface area (Å²) in [7, 11) is 0. The summed E-state index contributed by atoms with van der Waals surface area (Å²) in [6, 6.07) is 0.328. The van der Waals surface area contributed by atoms with Crippen LogP contribution < -0.4 is 5.32 Å². The maximum absolute atomic E-state index is 13.2. The summed E-state index contributed by atoms with van der Waals surface area (Å²) < 4.78 is 13.2. The van der Waals surface area contributed by atoms with Crippen LogP contribution in [0.3, 0.4) is 0 Å². The van der Waals surface area contributed by atoms with E-state index in [4.69, 9.17) is 11.6 Å². The highest BCUT2D eigenvalue weighted by atomic mass is 35.5. The number of nitrogens with one attached hydrogen (secondary N) is 1. The molecule has 178 valence electrons. The van der Waals surface area contributed by atoms with Crippen LogP contribution >= 0.6 is 11.6 Å². The average molecular weight is 459 g/mol. The van der Waals surface area contributed by atoms with E-state index >= 15 is 0 Å². The second kappa shape index (κ2) is 13.5. The third kappa shape index (κ3) is 8.44. The zero-order chi connectivity index (χ0) is 20.8. The number of allylic oxidation sites excluding steroid dienone is 6. The fraction of sp³-hybridized carbons (Fsp3) is 0.667. The molecule has 3 unspecified atom stereocenters. The summed E-state index contributed by atoms with van der Waals surface area (Å²) in [5.41, 5.74) is 2.29. The fourth-order valence-corrected chi connectivity index (χ4v) is 4.55. The largest absolute Gasteiger partial charge is 0.412 e. The summed E-state index contributed by atoms with van der Waals surface area (Å²) in [4.78, 5) is 2.55. The lowest BCUT2D eigenvalue weighted by Crippen LogP contribution is -2.48. The predicted molar refractivity (Wildman–Crippen MR) is 127 cm³/mol. The maximum Gasteiger partial charge on any atom is 0.122 e. The zero-order valence-corrected chi connectivity index (χ0v) is 19.5. The molecule has 2 aliphatic carbocycles. The Morgan fingerprint density at radius 3 is 2.39 bits per heavy atom. The van der Waals surface area contributed by atoms with Crippen LogP contribution in [0, 0.1) is 11.8 Å². The first-order valence-electron chi connectivity index (χ1n) is 11.1. The Balaban J connectivity index is 0.00000240. The van der Waals surface area contributed by atoms with Crippen LogP contribution in [0.4, 0.5) is 4.39 Å². The Morgan fingerprint density at radius 1 is 1.13 bits per heavy atom. The molecule has 0 amide bonds. The first kappa shape index (κ1) is 28.0. The van der Waals surface area contributed by atoms with Crippen LogP contribution in [0.25, 0.3) is 0 Å². The van der Waals surface area contributed by atoms with Crippen molar-refractivity contribution in [1.29, 1.82) is 0 Å². The topological polar surface area (TPSA) is 98.5 Å². The van der Waals surface area contributed by atoms with Crippen LogP contribution in [0.2, 0.25) is 0 Å². The molecule has 1 heterocycles. The Bertz CT molecular complexity index is 657. The van der Waals surface area contributed by atoms with E-state index in [9.17, 15) is 9.50 Å². The van der Waals surface area contributed by atoms with Gasteiger partial charge in [0.25, 0.3) is 0 Å². The van der Waals surface area contributed by atoms with Crippen molar-refractivity contribution in [2.24, 2.45) is 11.8 Å². The monoisotopic (exact) mass is 458 g/mol. The number of aliphatic hydroxyl groups is 1. The molecule has 1 saturated heterocycles. The normalized spacial score (nSPS) is 26.5. The van der Waals surface area contributed by atoms with Crippen LogP contribution in [-0.4, -0.2) is 70.8 Å². The van der Waals surface area contributed by atoms with Crippen molar-refractivity contribution >= 4 is 11.6 Å². The van der Waals surface area contributed by atoms with Crippen molar-refractivity contribution in [3.63, 3.8) is 0 Å². The van der Waals surface area contributed by atoms with Crippen molar-refractivity contribution in [3.8, 4) is 0 Å². The van der Waals surface area contributed by atoms with Crippen molar-refractivity contribution in [2.75, 3.05) is 26.2 Å². The highest BCUT2D eigenvalue weighted by Crippen LogP contribution is 2.29. The molecule has 3 aliphatic rings. The number of nitrogens with zero attached hydrogens (tertiary/aromatic N) is 1. The molecule has 31 heavy (non-hydrogen) atoms. The van der Waals surface area contributed by atoms with E-state index in [0.717, 1.165) is 31.6 Å². The van der Waals surface area contributed by atoms with Gasteiger partial charge < -0.3 is 26.3 Å². The molecule has 0 bridgehead atoms. The van der Waals surface area contributed by atoms with E-state index in [0.29, 0.717) is 30.8 Å². The lowest BCUT2D eigenvalue weighted by Gasteiger charge is -2.37. The first-order valence-corrected chi connectivity index (χ1v) is 11.5. The Labute approximate surface area is 191 Å². The van der Waals surface area contributed by atoms with Gasteiger partial charge in [0.05, 0.1) is 11.5 Å². The van der Waals surface area contributed by atoms with Gasteiger partial charge in [0.1, 0.15) is 6.17 Å². The van der Waals surface area contributed by atoms with Crippen LogP contribution in [0.1, 0.15) is 39.5 Å². The van der Waals surface area contributed by atoms with E-state index in [1.807, 2.05) is 6.08 Å². The molecule has 7 heteroatoms. The molecule has 0 saturated carbocycles. The van der Waals surface area contributed by atoms with Gasteiger partial charge >= 0.3 is 0 Å². The minimum Gasteiger partial charge on any atom is -0.412 e. The molecule has 0 aromatic heterocycles. The van der Waals surface area contributed by atoms with E-state index in [-0.39, 0.29) is 16.3 Å². The lowest BCUT2D eigenvalue weighted by molar-refractivity contribution is 0.152. The van der Waals surface area contributed by atoms with Gasteiger partial charge in [0.15, 0.2) is 0 Å². The minimum absolute atomic E-state index is 0. The SMILES string of the molecule is CC(C)[C@H](CN1CCC(C2=CCC(Cl)C=C2)CC1)NCC(O)C1=CCC(F)C=C1.O.O. The van der Waals surface area contributed by atoms with Crippen LogP contribution in [-0.2, 0) is 0 Å². The predicted octanol–water partition coefficient (Wildman–Crippen LogP) is 2.74. The molecule has 1 fully saturated rings. The molecular formula is C24H40ClFN2O3. The number of piperidine rings is 1. The van der Waals surface area contributed by atoms with Crippen molar-refractivity contribution in [2.45, 2.75) is 63.2 Å². The number of likely N-dealkylation sites (tertiary alicyclic amines) is 1. The zero-order valence-electron chi connectivity index (χ0n) is 18.7. The average Bonchev–Trinajstić information content (AvgIpc) is 2.72. The third-order valence-electron chi connectivity index (χ3n) is 6.43. The Morgan fingerprint density at radius 2 is 1.84 bits per heavy atom. The molecule has 1 aliphatic heterocycles. The van der Waals surface area contributed by atoms with Gasteiger partial charge in [0, 0.05) is 25.6 Å². The molecule has 6 N–H and O–H groups in total. The third-order valence-corrected chi connectivity index (χ3v) is 6.75.